The Morgan fingerprint density at radius 2 is 2.50 bits per heavy atom. The Morgan fingerprint density at radius 1 is 1.80 bits per heavy atom. The molecular formula is C5H6BrN3O. The predicted octanol–water partition coefficient (Wildman–Crippen LogP) is 0.699. The molecule has 0 atom stereocenters. The Hall–Kier alpha value is -0.710. The fourth-order valence-corrected chi connectivity index (χ4v) is 0.890. The molecule has 0 unspecified atom stereocenters. The van der Waals surface area contributed by atoms with Gasteiger partial charge in [0.05, 0.1) is 6.42 Å². The third-order valence-corrected chi connectivity index (χ3v) is 1.28. The maximum Gasteiger partial charge on any atom is 0.217 e. The molecule has 0 spiro atoms. The van der Waals surface area contributed by atoms with Gasteiger partial charge in [0.2, 0.25) is 4.73 Å². The molecule has 0 bridgehead atoms. The number of aromatic nitrogens is 3. The van der Waals surface area contributed by atoms with Crippen molar-refractivity contribution >= 4 is 21.7 Å². The van der Waals surface area contributed by atoms with Crippen molar-refractivity contribution in [2.45, 2.75) is 13.3 Å². The quantitative estimate of drug-likeness (QED) is 0.771. The monoisotopic (exact) mass is 203 g/mol. The molecule has 0 aliphatic carbocycles. The van der Waals surface area contributed by atoms with Gasteiger partial charge in [0, 0.05) is 0 Å². The highest BCUT2D eigenvalue weighted by Gasteiger charge is 2.01. The van der Waals surface area contributed by atoms with Crippen molar-refractivity contribution in [2.75, 3.05) is 0 Å². The summed E-state index contributed by atoms with van der Waals surface area (Å²) in [6.45, 7) is 1.51. The molecular weight excluding hydrogens is 198 g/mol. The number of Topliss-reactive ketones (excluding diaryl/α,β-unsaturated/α-hetero) is 1. The number of ketones is 1. The van der Waals surface area contributed by atoms with E-state index in [1.807, 2.05) is 0 Å². The van der Waals surface area contributed by atoms with E-state index in [4.69, 9.17) is 0 Å². The van der Waals surface area contributed by atoms with Crippen LogP contribution >= 0.6 is 15.9 Å². The average molecular weight is 204 g/mol. The van der Waals surface area contributed by atoms with Crippen molar-refractivity contribution in [1.82, 2.24) is 15.2 Å². The Kier molecular flexibility index (Phi) is 2.16. The smallest absolute Gasteiger partial charge is 0.217 e. The normalized spacial score (nSPS) is 9.80. The van der Waals surface area contributed by atoms with Crippen LogP contribution in [0.25, 0.3) is 0 Å². The van der Waals surface area contributed by atoms with Crippen LogP contribution in [0.4, 0.5) is 0 Å². The Balaban J connectivity index is 2.67. The van der Waals surface area contributed by atoms with E-state index in [2.05, 4.69) is 31.1 Å². The fourth-order valence-electron chi connectivity index (χ4n) is 0.587. The first kappa shape index (κ1) is 7.40. The zero-order valence-electron chi connectivity index (χ0n) is 5.39. The number of nitrogens with one attached hydrogen (secondary N) is 1. The number of carbonyl (C=O) groups is 1. The predicted molar refractivity (Wildman–Crippen MR) is 38.5 cm³/mol. The van der Waals surface area contributed by atoms with Gasteiger partial charge in [-0.1, -0.05) is 0 Å². The number of aromatic amines is 1. The van der Waals surface area contributed by atoms with Gasteiger partial charge in [0.15, 0.2) is 0 Å². The second kappa shape index (κ2) is 2.92. The number of hydrogen-bond acceptors (Lipinski definition) is 3. The van der Waals surface area contributed by atoms with Gasteiger partial charge in [-0.2, -0.15) is 0 Å². The molecule has 0 aliphatic heterocycles. The number of nitrogens with zero attached hydrogens (tertiary/aromatic N) is 2. The lowest BCUT2D eigenvalue weighted by Gasteiger charge is -1.85. The summed E-state index contributed by atoms with van der Waals surface area (Å²) in [5.41, 5.74) is 0. The molecule has 4 nitrogen and oxygen atoms in total. The van der Waals surface area contributed by atoms with Gasteiger partial charge in [-0.05, 0) is 22.9 Å². The van der Waals surface area contributed by atoms with Crippen LogP contribution < -0.4 is 0 Å². The topological polar surface area (TPSA) is 58.6 Å². The third-order valence-electron chi connectivity index (χ3n) is 0.921. The summed E-state index contributed by atoms with van der Waals surface area (Å²) in [7, 11) is 0. The van der Waals surface area contributed by atoms with Crippen LogP contribution in [-0.4, -0.2) is 21.0 Å². The molecule has 1 aromatic heterocycles. The highest BCUT2D eigenvalue weighted by atomic mass is 79.9. The first-order valence-electron chi connectivity index (χ1n) is 2.74. The Bertz CT molecular complexity index is 245. The SMILES string of the molecule is CC(=O)Cc1nc(Br)n[nH]1. The second-order valence-electron chi connectivity index (χ2n) is 1.93. The molecule has 0 aromatic carbocycles. The molecule has 1 heterocycles. The van der Waals surface area contributed by atoms with E-state index in [-0.39, 0.29) is 5.78 Å². The van der Waals surface area contributed by atoms with E-state index in [0.717, 1.165) is 0 Å². The van der Waals surface area contributed by atoms with Crippen molar-refractivity contribution in [3.63, 3.8) is 0 Å². The molecule has 10 heavy (non-hydrogen) atoms. The molecule has 5 heteroatoms. The first-order chi connectivity index (χ1) is 4.68. The first-order valence-corrected chi connectivity index (χ1v) is 3.54. The number of H-pyrrole nitrogens is 1. The summed E-state index contributed by atoms with van der Waals surface area (Å²) >= 11 is 3.06. The number of halogens is 1. The summed E-state index contributed by atoms with van der Waals surface area (Å²) in [5.74, 6) is 0.669. The molecule has 0 saturated heterocycles. The number of rotatable bonds is 2. The number of hydrogen-bond donors (Lipinski definition) is 1. The standard InChI is InChI=1S/C5H6BrN3O/c1-3(10)2-4-7-5(6)9-8-4/h2H2,1H3,(H,7,8,9). The van der Waals surface area contributed by atoms with Crippen LogP contribution in [0.5, 0.6) is 0 Å². The largest absolute Gasteiger partial charge is 0.300 e. The zero-order chi connectivity index (χ0) is 7.56. The van der Waals surface area contributed by atoms with Gasteiger partial charge in [-0.15, -0.1) is 5.10 Å². The molecule has 1 aromatic rings. The van der Waals surface area contributed by atoms with E-state index in [0.29, 0.717) is 17.0 Å². The van der Waals surface area contributed by atoms with Gasteiger partial charge in [0.1, 0.15) is 11.6 Å². The van der Waals surface area contributed by atoms with Crippen LogP contribution in [0.1, 0.15) is 12.7 Å². The van der Waals surface area contributed by atoms with E-state index in [1.165, 1.54) is 6.92 Å². The van der Waals surface area contributed by atoms with Gasteiger partial charge in [-0.25, -0.2) is 4.98 Å². The summed E-state index contributed by atoms with van der Waals surface area (Å²) in [6.07, 6.45) is 0.318. The maximum absolute atomic E-state index is 10.5. The molecule has 0 saturated carbocycles. The van der Waals surface area contributed by atoms with Crippen molar-refractivity contribution in [2.24, 2.45) is 0 Å². The lowest BCUT2D eigenvalue weighted by molar-refractivity contribution is -0.116. The molecule has 54 valence electrons. The van der Waals surface area contributed by atoms with E-state index < -0.39 is 0 Å². The minimum atomic E-state index is 0.0728. The van der Waals surface area contributed by atoms with Crippen LogP contribution in [0, 0.1) is 0 Å². The molecule has 0 amide bonds. The van der Waals surface area contributed by atoms with E-state index in [9.17, 15) is 4.79 Å². The van der Waals surface area contributed by atoms with Crippen LogP contribution in [0.2, 0.25) is 0 Å². The van der Waals surface area contributed by atoms with Crippen LogP contribution in [0.3, 0.4) is 0 Å². The summed E-state index contributed by atoms with van der Waals surface area (Å²) in [6, 6.07) is 0. The third kappa shape index (κ3) is 1.91. The highest BCUT2D eigenvalue weighted by molar-refractivity contribution is 9.10. The summed E-state index contributed by atoms with van der Waals surface area (Å²) in [4.78, 5) is 14.4. The van der Waals surface area contributed by atoms with E-state index >= 15 is 0 Å². The van der Waals surface area contributed by atoms with Gasteiger partial charge >= 0.3 is 0 Å². The fraction of sp³-hybridized carbons (Fsp3) is 0.400. The van der Waals surface area contributed by atoms with Crippen LogP contribution in [-0.2, 0) is 11.2 Å². The average Bonchev–Trinajstić information content (AvgIpc) is 2.13. The minimum Gasteiger partial charge on any atom is -0.300 e. The molecule has 1 N–H and O–H groups in total. The minimum absolute atomic E-state index is 0.0728. The molecule has 1 rings (SSSR count). The lowest BCUT2D eigenvalue weighted by atomic mass is 10.3. The van der Waals surface area contributed by atoms with Gasteiger partial charge < -0.3 is 0 Å². The van der Waals surface area contributed by atoms with Crippen molar-refractivity contribution < 1.29 is 4.79 Å². The molecule has 0 radical (unpaired) electrons. The molecule has 0 aliphatic rings. The zero-order valence-corrected chi connectivity index (χ0v) is 6.97. The Labute approximate surface area is 66.2 Å². The number of carbonyl (C=O) groups excluding carboxylic acids is 1. The van der Waals surface area contributed by atoms with E-state index in [1.54, 1.807) is 0 Å². The second-order valence-corrected chi connectivity index (χ2v) is 2.64. The van der Waals surface area contributed by atoms with Gasteiger partial charge in [-0.3, -0.25) is 9.89 Å². The van der Waals surface area contributed by atoms with Crippen LogP contribution in [0.15, 0.2) is 4.73 Å². The Morgan fingerprint density at radius 3 is 2.90 bits per heavy atom. The highest BCUT2D eigenvalue weighted by Crippen LogP contribution is 2.00. The van der Waals surface area contributed by atoms with Gasteiger partial charge in [0.25, 0.3) is 0 Å². The van der Waals surface area contributed by atoms with Crippen molar-refractivity contribution in [3.05, 3.63) is 10.6 Å². The lowest BCUT2D eigenvalue weighted by Crippen LogP contribution is -1.97. The summed E-state index contributed by atoms with van der Waals surface area (Å²) in [5, 5.41) is 6.31. The maximum atomic E-state index is 10.5. The van der Waals surface area contributed by atoms with Crippen molar-refractivity contribution in [3.8, 4) is 0 Å². The molecule has 0 fully saturated rings. The summed E-state index contributed by atoms with van der Waals surface area (Å²) < 4.78 is 0.490. The van der Waals surface area contributed by atoms with Crippen molar-refractivity contribution in [1.29, 1.82) is 0 Å².